The normalized spacial score (nSPS) is 11.3. The number of anilines is 1. The number of carbonyl (C=O) groups excluding carboxylic acids is 1. The van der Waals surface area contributed by atoms with E-state index >= 15 is 0 Å². The van der Waals surface area contributed by atoms with Crippen LogP contribution in [0.25, 0.3) is 0 Å². The fraction of sp³-hybridized carbons (Fsp3) is 0.316. The number of benzene rings is 2. The van der Waals surface area contributed by atoms with Gasteiger partial charge in [0.2, 0.25) is 10.0 Å². The summed E-state index contributed by atoms with van der Waals surface area (Å²) in [5.74, 6) is -0.194. The molecule has 0 aromatic heterocycles. The first-order chi connectivity index (χ1) is 13.2. The van der Waals surface area contributed by atoms with Crippen molar-refractivity contribution in [3.63, 3.8) is 0 Å². The molecular formula is C19H22Cl2N2O4S. The summed E-state index contributed by atoms with van der Waals surface area (Å²) in [5.41, 5.74) is 1.50. The van der Waals surface area contributed by atoms with E-state index in [1.807, 2.05) is 0 Å². The van der Waals surface area contributed by atoms with Crippen LogP contribution in [-0.4, -0.2) is 40.8 Å². The Balaban J connectivity index is 2.15. The molecule has 9 heteroatoms. The van der Waals surface area contributed by atoms with Crippen molar-refractivity contribution in [3.8, 4) is 0 Å². The molecule has 0 heterocycles. The van der Waals surface area contributed by atoms with Gasteiger partial charge in [-0.2, -0.15) is 0 Å². The Morgan fingerprint density at radius 3 is 2.43 bits per heavy atom. The van der Waals surface area contributed by atoms with Gasteiger partial charge in [-0.3, -0.25) is 9.10 Å². The van der Waals surface area contributed by atoms with Crippen molar-refractivity contribution in [1.29, 1.82) is 0 Å². The lowest BCUT2D eigenvalue weighted by Crippen LogP contribution is -2.29. The van der Waals surface area contributed by atoms with Gasteiger partial charge in [0, 0.05) is 25.8 Å². The van der Waals surface area contributed by atoms with E-state index in [0.717, 1.165) is 12.7 Å². The zero-order valence-electron chi connectivity index (χ0n) is 15.6. The molecule has 1 amide bonds. The van der Waals surface area contributed by atoms with Crippen molar-refractivity contribution in [2.75, 3.05) is 30.8 Å². The molecule has 28 heavy (non-hydrogen) atoms. The van der Waals surface area contributed by atoms with E-state index in [-0.39, 0.29) is 22.5 Å². The maximum Gasteiger partial charge on any atom is 0.251 e. The van der Waals surface area contributed by atoms with E-state index < -0.39 is 10.0 Å². The van der Waals surface area contributed by atoms with E-state index in [1.165, 1.54) is 4.31 Å². The first kappa shape index (κ1) is 22.5. The molecule has 152 valence electrons. The van der Waals surface area contributed by atoms with Crippen molar-refractivity contribution in [1.82, 2.24) is 5.32 Å². The van der Waals surface area contributed by atoms with Crippen LogP contribution in [0.2, 0.25) is 10.0 Å². The lowest BCUT2D eigenvalue weighted by Gasteiger charge is -2.24. The Kier molecular flexibility index (Phi) is 8.12. The van der Waals surface area contributed by atoms with E-state index in [0.29, 0.717) is 30.0 Å². The van der Waals surface area contributed by atoms with Gasteiger partial charge in [0.05, 0.1) is 28.5 Å². The monoisotopic (exact) mass is 444 g/mol. The number of methoxy groups -OCH3 is 1. The van der Waals surface area contributed by atoms with Gasteiger partial charge in [-0.05, 0) is 36.2 Å². The van der Waals surface area contributed by atoms with Crippen LogP contribution in [0.3, 0.4) is 0 Å². The number of sulfonamides is 1. The summed E-state index contributed by atoms with van der Waals surface area (Å²) >= 11 is 12.2. The number of amides is 1. The molecule has 1 N–H and O–H groups in total. The summed E-state index contributed by atoms with van der Waals surface area (Å²) < 4.78 is 30.7. The molecule has 0 aliphatic rings. The predicted molar refractivity (Wildman–Crippen MR) is 113 cm³/mol. The maximum atomic E-state index is 12.3. The Bertz CT molecular complexity index is 918. The largest absolute Gasteiger partial charge is 0.385 e. The molecule has 0 spiro atoms. The van der Waals surface area contributed by atoms with Gasteiger partial charge in [0.15, 0.2) is 0 Å². The third-order valence-electron chi connectivity index (χ3n) is 3.95. The van der Waals surface area contributed by atoms with E-state index in [9.17, 15) is 13.2 Å². The van der Waals surface area contributed by atoms with Crippen molar-refractivity contribution in [2.24, 2.45) is 0 Å². The number of ether oxygens (including phenoxy) is 1. The summed E-state index contributed by atoms with van der Waals surface area (Å²) in [6.45, 7) is 1.16. The zero-order chi connectivity index (χ0) is 20.7. The molecule has 0 aliphatic carbocycles. The summed E-state index contributed by atoms with van der Waals surface area (Å²) in [7, 11) is -1.99. The molecule has 0 saturated heterocycles. The summed E-state index contributed by atoms with van der Waals surface area (Å²) in [4.78, 5) is 12.1. The van der Waals surface area contributed by atoms with Gasteiger partial charge >= 0.3 is 0 Å². The minimum absolute atomic E-state index is 0.0641. The number of halogens is 2. The second-order valence-corrected chi connectivity index (χ2v) is 8.83. The molecule has 2 aromatic carbocycles. The van der Waals surface area contributed by atoms with Crippen LogP contribution in [0.1, 0.15) is 22.3 Å². The summed E-state index contributed by atoms with van der Waals surface area (Å²) in [6.07, 6.45) is 1.83. The minimum Gasteiger partial charge on any atom is -0.385 e. The molecule has 0 unspecified atom stereocenters. The Morgan fingerprint density at radius 1 is 1.14 bits per heavy atom. The third kappa shape index (κ3) is 6.10. The predicted octanol–water partition coefficient (Wildman–Crippen LogP) is 3.73. The van der Waals surface area contributed by atoms with Crippen LogP contribution in [-0.2, 0) is 21.3 Å². The van der Waals surface area contributed by atoms with Gasteiger partial charge < -0.3 is 10.1 Å². The zero-order valence-corrected chi connectivity index (χ0v) is 17.9. The molecule has 0 atom stereocenters. The van der Waals surface area contributed by atoms with Gasteiger partial charge in [-0.1, -0.05) is 41.4 Å². The summed E-state index contributed by atoms with van der Waals surface area (Å²) in [6, 6.07) is 11.5. The number of hydrogen-bond donors (Lipinski definition) is 1. The molecule has 0 aliphatic heterocycles. The SMILES string of the molecule is COCCCNC(=O)c1ccc(CN(c2cccc(Cl)c2Cl)S(C)(=O)=O)cc1. The molecule has 6 nitrogen and oxygen atoms in total. The lowest BCUT2D eigenvalue weighted by molar-refractivity contribution is 0.0948. The topological polar surface area (TPSA) is 75.7 Å². The summed E-state index contributed by atoms with van der Waals surface area (Å²) in [5, 5.41) is 3.24. The molecule has 0 fully saturated rings. The van der Waals surface area contributed by atoms with Gasteiger partial charge in [-0.25, -0.2) is 8.42 Å². The smallest absolute Gasteiger partial charge is 0.251 e. The van der Waals surface area contributed by atoms with Crippen molar-refractivity contribution >= 4 is 44.8 Å². The Labute approximate surface area is 175 Å². The van der Waals surface area contributed by atoms with E-state index in [2.05, 4.69) is 5.32 Å². The molecule has 0 bridgehead atoms. The highest BCUT2D eigenvalue weighted by atomic mass is 35.5. The molecule has 2 aromatic rings. The highest BCUT2D eigenvalue weighted by Crippen LogP contribution is 2.34. The minimum atomic E-state index is -3.60. The quantitative estimate of drug-likeness (QED) is 0.597. The van der Waals surface area contributed by atoms with Crippen molar-refractivity contribution in [3.05, 3.63) is 63.6 Å². The van der Waals surface area contributed by atoms with E-state index in [1.54, 1.807) is 49.6 Å². The second kappa shape index (κ2) is 10.1. The molecule has 0 radical (unpaired) electrons. The average molecular weight is 445 g/mol. The molecule has 0 saturated carbocycles. The Hall–Kier alpha value is -1.80. The van der Waals surface area contributed by atoms with Crippen LogP contribution in [0.5, 0.6) is 0 Å². The number of nitrogens with one attached hydrogen (secondary N) is 1. The lowest BCUT2D eigenvalue weighted by atomic mass is 10.1. The van der Waals surface area contributed by atoms with E-state index in [4.69, 9.17) is 27.9 Å². The first-order valence-electron chi connectivity index (χ1n) is 8.52. The molecule has 2 rings (SSSR count). The number of carbonyl (C=O) groups is 1. The van der Waals surface area contributed by atoms with Gasteiger partial charge in [0.1, 0.15) is 0 Å². The van der Waals surface area contributed by atoms with Gasteiger partial charge in [-0.15, -0.1) is 0 Å². The highest BCUT2D eigenvalue weighted by Gasteiger charge is 2.21. The maximum absolute atomic E-state index is 12.3. The third-order valence-corrected chi connectivity index (χ3v) is 5.89. The van der Waals surface area contributed by atoms with Crippen LogP contribution in [0.4, 0.5) is 5.69 Å². The highest BCUT2D eigenvalue weighted by molar-refractivity contribution is 7.92. The fourth-order valence-electron chi connectivity index (χ4n) is 2.51. The van der Waals surface area contributed by atoms with Gasteiger partial charge in [0.25, 0.3) is 5.91 Å². The van der Waals surface area contributed by atoms with Crippen LogP contribution >= 0.6 is 23.2 Å². The molecular weight excluding hydrogens is 423 g/mol. The van der Waals surface area contributed by atoms with Crippen LogP contribution in [0, 0.1) is 0 Å². The van der Waals surface area contributed by atoms with Crippen LogP contribution < -0.4 is 9.62 Å². The average Bonchev–Trinajstić information content (AvgIpc) is 2.65. The van der Waals surface area contributed by atoms with Crippen LogP contribution in [0.15, 0.2) is 42.5 Å². The number of rotatable bonds is 9. The number of nitrogens with zero attached hydrogens (tertiary/aromatic N) is 1. The Morgan fingerprint density at radius 2 is 1.82 bits per heavy atom. The van der Waals surface area contributed by atoms with Crippen molar-refractivity contribution in [2.45, 2.75) is 13.0 Å². The van der Waals surface area contributed by atoms with Crippen molar-refractivity contribution < 1.29 is 17.9 Å². The standard InChI is InChI=1S/C19H22Cl2N2O4S/c1-27-12-4-11-22-19(24)15-9-7-14(8-10-15)13-23(28(2,25)26)17-6-3-5-16(20)18(17)21/h3,5-10H,4,11-13H2,1-2H3,(H,22,24). The first-order valence-corrected chi connectivity index (χ1v) is 11.1. The fourth-order valence-corrected chi connectivity index (χ4v) is 3.85. The number of hydrogen-bond acceptors (Lipinski definition) is 4. The second-order valence-electron chi connectivity index (χ2n) is 6.14.